The first-order chi connectivity index (χ1) is 7.99. The summed E-state index contributed by atoms with van der Waals surface area (Å²) in [7, 11) is -2.98. The molecule has 0 saturated carbocycles. The Morgan fingerprint density at radius 2 is 1.88 bits per heavy atom. The van der Waals surface area contributed by atoms with Crippen LogP contribution in [0.1, 0.15) is 40.0 Å². The second kappa shape index (κ2) is 6.71. The van der Waals surface area contributed by atoms with E-state index in [1.165, 1.54) is 6.42 Å². The molecule has 1 unspecified atom stereocenters. The van der Waals surface area contributed by atoms with Gasteiger partial charge < -0.3 is 5.32 Å². The van der Waals surface area contributed by atoms with Crippen molar-refractivity contribution >= 4 is 10.0 Å². The summed E-state index contributed by atoms with van der Waals surface area (Å²) in [4.78, 5) is 0. The molecule has 17 heavy (non-hydrogen) atoms. The van der Waals surface area contributed by atoms with Gasteiger partial charge in [-0.25, -0.2) is 12.7 Å². The lowest BCUT2D eigenvalue weighted by Gasteiger charge is -2.32. The maximum atomic E-state index is 11.7. The van der Waals surface area contributed by atoms with E-state index in [0.29, 0.717) is 25.0 Å². The highest BCUT2D eigenvalue weighted by Gasteiger charge is 2.26. The summed E-state index contributed by atoms with van der Waals surface area (Å²) in [6.07, 6.45) is 3.07. The standard InChI is InChI=1S/C12H26N2O2S/c1-4-11(3)10-13-12-6-8-14(9-7-12)17(15,16)5-2/h11-13H,4-10H2,1-3H3. The number of nitrogens with zero attached hydrogens (tertiary/aromatic N) is 1. The molecule has 0 radical (unpaired) electrons. The van der Waals surface area contributed by atoms with Gasteiger partial charge in [0, 0.05) is 19.1 Å². The zero-order valence-electron chi connectivity index (χ0n) is 11.3. The van der Waals surface area contributed by atoms with Crippen LogP contribution in [0.15, 0.2) is 0 Å². The van der Waals surface area contributed by atoms with E-state index in [1.54, 1.807) is 11.2 Å². The molecule has 0 amide bonds. The molecular formula is C12H26N2O2S. The van der Waals surface area contributed by atoms with Crippen LogP contribution in [-0.2, 0) is 10.0 Å². The van der Waals surface area contributed by atoms with Gasteiger partial charge in [0.2, 0.25) is 10.0 Å². The smallest absolute Gasteiger partial charge is 0.213 e. The largest absolute Gasteiger partial charge is 0.314 e. The topological polar surface area (TPSA) is 49.4 Å². The van der Waals surface area contributed by atoms with Crippen molar-refractivity contribution in [3.05, 3.63) is 0 Å². The monoisotopic (exact) mass is 262 g/mol. The van der Waals surface area contributed by atoms with Crippen molar-refractivity contribution in [2.45, 2.75) is 46.1 Å². The average Bonchev–Trinajstić information content (AvgIpc) is 2.36. The first-order valence-corrected chi connectivity index (χ1v) is 8.31. The molecule has 0 aromatic carbocycles. The number of sulfonamides is 1. The highest BCUT2D eigenvalue weighted by atomic mass is 32.2. The Morgan fingerprint density at radius 1 is 1.29 bits per heavy atom. The fraction of sp³-hybridized carbons (Fsp3) is 1.00. The summed E-state index contributed by atoms with van der Waals surface area (Å²) in [6, 6.07) is 0.493. The van der Waals surface area contributed by atoms with Crippen molar-refractivity contribution in [2.75, 3.05) is 25.4 Å². The number of hydrogen-bond acceptors (Lipinski definition) is 3. The summed E-state index contributed by atoms with van der Waals surface area (Å²) in [5.41, 5.74) is 0. The molecule has 1 aliphatic rings. The molecule has 102 valence electrons. The third-order valence-corrected chi connectivity index (χ3v) is 5.55. The number of rotatable bonds is 6. The van der Waals surface area contributed by atoms with Crippen molar-refractivity contribution in [1.82, 2.24) is 9.62 Å². The highest BCUT2D eigenvalue weighted by molar-refractivity contribution is 7.89. The van der Waals surface area contributed by atoms with Crippen molar-refractivity contribution in [3.63, 3.8) is 0 Å². The van der Waals surface area contributed by atoms with Crippen LogP contribution in [0.4, 0.5) is 0 Å². The van der Waals surface area contributed by atoms with Crippen LogP contribution in [0.5, 0.6) is 0 Å². The molecule has 1 heterocycles. The Bertz CT molecular complexity index is 308. The van der Waals surface area contributed by atoms with E-state index in [1.807, 2.05) is 0 Å². The summed E-state index contributed by atoms with van der Waals surface area (Å²) in [6.45, 7) is 8.54. The Kier molecular flexibility index (Phi) is 5.89. The second-order valence-electron chi connectivity index (χ2n) is 5.00. The van der Waals surface area contributed by atoms with Crippen molar-refractivity contribution in [1.29, 1.82) is 0 Å². The molecule has 0 aromatic heterocycles. The molecule has 5 heteroatoms. The molecule has 1 aliphatic heterocycles. The lowest BCUT2D eigenvalue weighted by Crippen LogP contribution is -2.46. The van der Waals surface area contributed by atoms with Crippen LogP contribution >= 0.6 is 0 Å². The van der Waals surface area contributed by atoms with Gasteiger partial charge >= 0.3 is 0 Å². The molecule has 4 nitrogen and oxygen atoms in total. The Balaban J connectivity index is 2.31. The van der Waals surface area contributed by atoms with E-state index in [0.717, 1.165) is 19.4 Å². The van der Waals surface area contributed by atoms with Crippen LogP contribution in [0.25, 0.3) is 0 Å². The van der Waals surface area contributed by atoms with Crippen LogP contribution < -0.4 is 5.32 Å². The Labute approximate surface area is 106 Å². The van der Waals surface area contributed by atoms with E-state index in [-0.39, 0.29) is 5.75 Å². The number of nitrogens with one attached hydrogen (secondary N) is 1. The third-order valence-electron chi connectivity index (χ3n) is 3.66. The molecular weight excluding hydrogens is 236 g/mol. The van der Waals surface area contributed by atoms with Gasteiger partial charge in [0.15, 0.2) is 0 Å². The van der Waals surface area contributed by atoms with E-state index < -0.39 is 10.0 Å². The van der Waals surface area contributed by atoms with Gasteiger partial charge in [-0.1, -0.05) is 20.3 Å². The fourth-order valence-corrected chi connectivity index (χ4v) is 3.17. The zero-order chi connectivity index (χ0) is 12.9. The highest BCUT2D eigenvalue weighted by Crippen LogP contribution is 2.14. The molecule has 1 rings (SSSR count). The van der Waals surface area contributed by atoms with Crippen LogP contribution in [0, 0.1) is 5.92 Å². The second-order valence-corrected chi connectivity index (χ2v) is 7.25. The predicted octanol–water partition coefficient (Wildman–Crippen LogP) is 1.44. The average molecular weight is 262 g/mol. The number of hydrogen-bond donors (Lipinski definition) is 1. The molecule has 0 spiro atoms. The fourth-order valence-electron chi connectivity index (χ4n) is 2.03. The third kappa shape index (κ3) is 4.56. The van der Waals surface area contributed by atoms with Crippen LogP contribution in [-0.4, -0.2) is 44.2 Å². The molecule has 1 N–H and O–H groups in total. The van der Waals surface area contributed by atoms with Gasteiger partial charge in [-0.3, -0.25) is 0 Å². The minimum absolute atomic E-state index is 0.220. The van der Waals surface area contributed by atoms with E-state index in [9.17, 15) is 8.42 Å². The lowest BCUT2D eigenvalue weighted by molar-refractivity contribution is 0.281. The zero-order valence-corrected chi connectivity index (χ0v) is 12.1. The van der Waals surface area contributed by atoms with Gasteiger partial charge in [-0.2, -0.15) is 0 Å². The normalized spacial score (nSPS) is 21.6. The summed E-state index contributed by atoms with van der Waals surface area (Å²) in [5.74, 6) is 0.922. The molecule has 0 aromatic rings. The van der Waals surface area contributed by atoms with Gasteiger partial charge in [0.1, 0.15) is 0 Å². The minimum Gasteiger partial charge on any atom is -0.314 e. The summed E-state index contributed by atoms with van der Waals surface area (Å²) >= 11 is 0. The van der Waals surface area contributed by atoms with E-state index >= 15 is 0 Å². The summed E-state index contributed by atoms with van der Waals surface area (Å²) in [5, 5.41) is 3.54. The SMILES string of the molecule is CCC(C)CNC1CCN(S(=O)(=O)CC)CC1. The van der Waals surface area contributed by atoms with Crippen molar-refractivity contribution in [2.24, 2.45) is 5.92 Å². The predicted molar refractivity (Wildman–Crippen MR) is 71.5 cm³/mol. The maximum absolute atomic E-state index is 11.7. The first kappa shape index (κ1) is 14.9. The van der Waals surface area contributed by atoms with Crippen LogP contribution in [0.2, 0.25) is 0 Å². The van der Waals surface area contributed by atoms with E-state index in [4.69, 9.17) is 0 Å². The summed E-state index contributed by atoms with van der Waals surface area (Å²) < 4.78 is 25.0. The lowest BCUT2D eigenvalue weighted by atomic mass is 10.0. The maximum Gasteiger partial charge on any atom is 0.213 e. The van der Waals surface area contributed by atoms with Gasteiger partial charge in [0.25, 0.3) is 0 Å². The molecule has 0 bridgehead atoms. The number of piperidine rings is 1. The van der Waals surface area contributed by atoms with Gasteiger partial charge in [0.05, 0.1) is 5.75 Å². The Hall–Kier alpha value is -0.130. The Morgan fingerprint density at radius 3 is 2.35 bits per heavy atom. The van der Waals surface area contributed by atoms with Gasteiger partial charge in [-0.05, 0) is 32.2 Å². The molecule has 0 aliphatic carbocycles. The van der Waals surface area contributed by atoms with E-state index in [2.05, 4.69) is 19.2 Å². The quantitative estimate of drug-likeness (QED) is 0.788. The van der Waals surface area contributed by atoms with Crippen molar-refractivity contribution < 1.29 is 8.42 Å². The molecule has 1 saturated heterocycles. The van der Waals surface area contributed by atoms with Gasteiger partial charge in [-0.15, -0.1) is 0 Å². The first-order valence-electron chi connectivity index (χ1n) is 6.70. The minimum atomic E-state index is -2.98. The molecule has 1 fully saturated rings. The van der Waals surface area contributed by atoms with Crippen LogP contribution in [0.3, 0.4) is 0 Å². The van der Waals surface area contributed by atoms with Crippen molar-refractivity contribution in [3.8, 4) is 0 Å². The molecule has 1 atom stereocenters.